The number of aromatic nitrogens is 2. The number of anilines is 2. The van der Waals surface area contributed by atoms with Crippen molar-refractivity contribution in [2.24, 2.45) is 0 Å². The first kappa shape index (κ1) is 16.7. The Kier molecular flexibility index (Phi) is 4.40. The molecule has 3 N–H and O–H groups in total. The lowest BCUT2D eigenvalue weighted by Gasteiger charge is -2.04. The molecule has 0 saturated heterocycles. The first-order valence-corrected chi connectivity index (χ1v) is 9.40. The van der Waals surface area contributed by atoms with E-state index < -0.39 is 0 Å². The number of halogens is 1. The molecule has 3 aromatic heterocycles. The Hall–Kier alpha value is -2.77. The second-order valence-electron chi connectivity index (χ2n) is 5.57. The second kappa shape index (κ2) is 6.86. The number of rotatable bonds is 3. The minimum Gasteiger partial charge on any atom is -0.397 e. The first-order chi connectivity index (χ1) is 12.6. The van der Waals surface area contributed by atoms with Crippen molar-refractivity contribution >= 4 is 54.8 Å². The normalized spacial score (nSPS) is 10.8. The lowest BCUT2D eigenvalue weighted by atomic mass is 10.2. The lowest BCUT2D eigenvalue weighted by Crippen LogP contribution is -2.11. The summed E-state index contributed by atoms with van der Waals surface area (Å²) in [6, 6.07) is 16.8. The predicted molar refractivity (Wildman–Crippen MR) is 109 cm³/mol. The fourth-order valence-corrected chi connectivity index (χ4v) is 3.80. The summed E-state index contributed by atoms with van der Waals surface area (Å²) in [5.74, 6) is -0.243. The number of carbonyl (C=O) groups is 1. The molecule has 128 valence electrons. The number of hydrogen-bond acceptors (Lipinski definition) is 5. The summed E-state index contributed by atoms with van der Waals surface area (Å²) in [4.78, 5) is 22.7. The quantitative estimate of drug-likeness (QED) is 0.487. The summed E-state index contributed by atoms with van der Waals surface area (Å²) in [5, 5.41) is 3.64. The molecule has 0 aliphatic carbocycles. The van der Waals surface area contributed by atoms with Crippen molar-refractivity contribution in [1.82, 2.24) is 9.97 Å². The van der Waals surface area contributed by atoms with E-state index in [0.717, 1.165) is 21.2 Å². The maximum Gasteiger partial charge on any atom is 0.267 e. The van der Waals surface area contributed by atoms with Crippen molar-refractivity contribution in [1.29, 1.82) is 0 Å². The molecule has 0 fully saturated rings. The van der Waals surface area contributed by atoms with E-state index in [1.807, 2.05) is 54.6 Å². The largest absolute Gasteiger partial charge is 0.397 e. The summed E-state index contributed by atoms with van der Waals surface area (Å²) < 4.78 is 0.947. The van der Waals surface area contributed by atoms with Crippen LogP contribution in [0.1, 0.15) is 9.67 Å². The van der Waals surface area contributed by atoms with E-state index in [1.165, 1.54) is 11.3 Å². The molecule has 3 heterocycles. The van der Waals surface area contributed by atoms with Gasteiger partial charge in [-0.3, -0.25) is 9.78 Å². The van der Waals surface area contributed by atoms with Crippen molar-refractivity contribution in [3.05, 3.63) is 70.1 Å². The molecular formula is C19H13BrN4OS. The molecule has 0 atom stereocenters. The van der Waals surface area contributed by atoms with E-state index in [9.17, 15) is 4.79 Å². The molecule has 1 amide bonds. The summed E-state index contributed by atoms with van der Waals surface area (Å²) >= 11 is 4.65. The number of nitrogens with two attached hydrogens (primary N) is 1. The average molecular weight is 425 g/mol. The monoisotopic (exact) mass is 424 g/mol. The Bertz CT molecular complexity index is 1090. The number of pyridine rings is 2. The molecular weight excluding hydrogens is 412 g/mol. The van der Waals surface area contributed by atoms with Gasteiger partial charge in [0.05, 0.1) is 17.1 Å². The number of nitrogens with zero attached hydrogens (tertiary/aromatic N) is 2. The lowest BCUT2D eigenvalue weighted by molar-refractivity contribution is 0.103. The van der Waals surface area contributed by atoms with Gasteiger partial charge in [-0.1, -0.05) is 22.0 Å². The number of benzene rings is 1. The molecule has 26 heavy (non-hydrogen) atoms. The van der Waals surface area contributed by atoms with Gasteiger partial charge in [0.15, 0.2) is 0 Å². The van der Waals surface area contributed by atoms with Gasteiger partial charge in [0.25, 0.3) is 5.91 Å². The van der Waals surface area contributed by atoms with Crippen LogP contribution in [0, 0.1) is 0 Å². The predicted octanol–water partition coefficient (Wildman–Crippen LogP) is 4.96. The van der Waals surface area contributed by atoms with E-state index in [1.54, 1.807) is 6.20 Å². The van der Waals surface area contributed by atoms with E-state index in [-0.39, 0.29) is 5.91 Å². The van der Waals surface area contributed by atoms with Crippen LogP contribution in [0.4, 0.5) is 11.4 Å². The van der Waals surface area contributed by atoms with Gasteiger partial charge < -0.3 is 11.1 Å². The molecule has 1 aromatic carbocycles. The van der Waals surface area contributed by atoms with E-state index in [2.05, 4.69) is 31.2 Å². The highest BCUT2D eigenvalue weighted by Crippen LogP contribution is 2.34. The third-order valence-electron chi connectivity index (χ3n) is 3.83. The van der Waals surface area contributed by atoms with Crippen LogP contribution in [0.15, 0.2) is 65.3 Å². The molecule has 0 spiro atoms. The second-order valence-corrected chi connectivity index (χ2v) is 7.48. The zero-order valence-electron chi connectivity index (χ0n) is 13.4. The molecule has 7 heteroatoms. The van der Waals surface area contributed by atoms with Crippen LogP contribution in [0.2, 0.25) is 0 Å². The number of amides is 1. The third kappa shape index (κ3) is 3.18. The van der Waals surface area contributed by atoms with Crippen molar-refractivity contribution in [2.45, 2.75) is 0 Å². The Morgan fingerprint density at radius 1 is 1.04 bits per heavy atom. The van der Waals surface area contributed by atoms with Crippen LogP contribution < -0.4 is 11.1 Å². The van der Waals surface area contributed by atoms with Crippen molar-refractivity contribution < 1.29 is 4.79 Å². The van der Waals surface area contributed by atoms with Crippen molar-refractivity contribution in [3.8, 4) is 11.4 Å². The molecule has 4 aromatic rings. The van der Waals surface area contributed by atoms with Crippen LogP contribution >= 0.6 is 27.3 Å². The van der Waals surface area contributed by atoms with Crippen molar-refractivity contribution in [2.75, 3.05) is 11.1 Å². The number of nitrogen functional groups attached to an aromatic ring is 1. The van der Waals surface area contributed by atoms with Crippen LogP contribution in [0.3, 0.4) is 0 Å². The standard InChI is InChI=1S/C19H13BrN4OS/c20-11-4-6-12(7-5-11)23-18(25)17-16(21)13-8-9-15(24-19(13)26-17)14-3-1-2-10-22-14/h1-10H,21H2,(H,23,25). The zero-order chi connectivity index (χ0) is 18.1. The fourth-order valence-electron chi connectivity index (χ4n) is 2.54. The van der Waals surface area contributed by atoms with E-state index in [4.69, 9.17) is 5.73 Å². The maximum atomic E-state index is 12.6. The number of thiophene rings is 1. The van der Waals surface area contributed by atoms with Gasteiger partial charge >= 0.3 is 0 Å². The van der Waals surface area contributed by atoms with Gasteiger partial charge in [0, 0.05) is 21.7 Å². The molecule has 0 aliphatic rings. The topological polar surface area (TPSA) is 80.9 Å². The summed E-state index contributed by atoms with van der Waals surface area (Å²) in [6.07, 6.45) is 1.72. The van der Waals surface area contributed by atoms with Crippen LogP contribution in [-0.4, -0.2) is 15.9 Å². The summed E-state index contributed by atoms with van der Waals surface area (Å²) in [5.41, 5.74) is 8.87. The van der Waals surface area contributed by atoms with Crippen molar-refractivity contribution in [3.63, 3.8) is 0 Å². The third-order valence-corrected chi connectivity index (χ3v) is 5.47. The van der Waals surface area contributed by atoms with Gasteiger partial charge in [0.2, 0.25) is 0 Å². The first-order valence-electron chi connectivity index (χ1n) is 7.79. The molecule has 0 unspecified atom stereocenters. The Morgan fingerprint density at radius 2 is 1.85 bits per heavy atom. The van der Waals surface area contributed by atoms with E-state index >= 15 is 0 Å². The Morgan fingerprint density at radius 3 is 2.58 bits per heavy atom. The van der Waals surface area contributed by atoms with Gasteiger partial charge in [-0.2, -0.15) is 0 Å². The van der Waals surface area contributed by atoms with Gasteiger partial charge in [-0.05, 0) is 48.5 Å². The number of fused-ring (bicyclic) bond motifs is 1. The smallest absolute Gasteiger partial charge is 0.267 e. The maximum absolute atomic E-state index is 12.6. The molecule has 5 nitrogen and oxygen atoms in total. The van der Waals surface area contributed by atoms with E-state index in [0.29, 0.717) is 21.1 Å². The fraction of sp³-hybridized carbons (Fsp3) is 0. The Balaban J connectivity index is 1.68. The summed E-state index contributed by atoms with van der Waals surface area (Å²) in [6.45, 7) is 0. The molecule has 0 bridgehead atoms. The number of carbonyl (C=O) groups excluding carboxylic acids is 1. The van der Waals surface area contributed by atoms with Crippen LogP contribution in [-0.2, 0) is 0 Å². The number of nitrogens with one attached hydrogen (secondary N) is 1. The van der Waals surface area contributed by atoms with Gasteiger partial charge in [-0.15, -0.1) is 11.3 Å². The highest BCUT2D eigenvalue weighted by atomic mass is 79.9. The highest BCUT2D eigenvalue weighted by molar-refractivity contribution is 9.10. The van der Waals surface area contributed by atoms with Gasteiger partial charge in [0.1, 0.15) is 9.71 Å². The molecule has 4 rings (SSSR count). The van der Waals surface area contributed by atoms with Gasteiger partial charge in [-0.25, -0.2) is 4.98 Å². The molecule has 0 aliphatic heterocycles. The highest BCUT2D eigenvalue weighted by Gasteiger charge is 2.18. The molecule has 0 radical (unpaired) electrons. The van der Waals surface area contributed by atoms with Crippen LogP contribution in [0.25, 0.3) is 21.6 Å². The number of hydrogen-bond donors (Lipinski definition) is 2. The minimum atomic E-state index is -0.243. The van der Waals surface area contributed by atoms with Crippen LogP contribution in [0.5, 0.6) is 0 Å². The Labute approximate surface area is 162 Å². The minimum absolute atomic E-state index is 0.243. The average Bonchev–Trinajstić information content (AvgIpc) is 3.00. The summed E-state index contributed by atoms with van der Waals surface area (Å²) in [7, 11) is 0. The zero-order valence-corrected chi connectivity index (χ0v) is 15.8. The SMILES string of the molecule is Nc1c(C(=O)Nc2ccc(Br)cc2)sc2nc(-c3ccccn3)ccc12. The molecule has 0 saturated carbocycles.